The summed E-state index contributed by atoms with van der Waals surface area (Å²) in [6.45, 7) is 6.76. The molecule has 2 amide bonds. The topological polar surface area (TPSA) is 49.4 Å². The van der Waals surface area contributed by atoms with E-state index in [1.165, 1.54) is 0 Å². The van der Waals surface area contributed by atoms with E-state index in [0.29, 0.717) is 18.9 Å². The van der Waals surface area contributed by atoms with Gasteiger partial charge in [0, 0.05) is 12.3 Å². The highest BCUT2D eigenvalue weighted by atomic mass is 32.2. The summed E-state index contributed by atoms with van der Waals surface area (Å²) in [4.78, 5) is 26.2. The lowest BCUT2D eigenvalue weighted by Crippen LogP contribution is -2.63. The van der Waals surface area contributed by atoms with Crippen LogP contribution in [0.4, 0.5) is 0 Å². The molecule has 0 aliphatic carbocycles. The van der Waals surface area contributed by atoms with Gasteiger partial charge in [-0.25, -0.2) is 0 Å². The Labute approximate surface area is 114 Å². The van der Waals surface area contributed by atoms with Gasteiger partial charge in [-0.2, -0.15) is 11.8 Å². The van der Waals surface area contributed by atoms with Crippen LogP contribution in [0.15, 0.2) is 0 Å². The van der Waals surface area contributed by atoms with Crippen molar-refractivity contribution >= 4 is 23.6 Å². The van der Waals surface area contributed by atoms with Crippen LogP contribution in [0.5, 0.6) is 0 Å². The first-order valence-corrected chi connectivity index (χ1v) is 8.00. The van der Waals surface area contributed by atoms with Crippen LogP contribution in [0, 0.1) is 5.92 Å². The number of carbonyl (C=O) groups excluding carboxylic acids is 2. The Hall–Kier alpha value is -0.710. The predicted octanol–water partition coefficient (Wildman–Crippen LogP) is 1.50. The highest BCUT2D eigenvalue weighted by Crippen LogP contribution is 2.19. The molecule has 5 heteroatoms. The Morgan fingerprint density at radius 2 is 2.06 bits per heavy atom. The normalized spacial score (nSPS) is 24.6. The van der Waals surface area contributed by atoms with Gasteiger partial charge in [-0.05, 0) is 25.0 Å². The molecule has 0 spiro atoms. The summed E-state index contributed by atoms with van der Waals surface area (Å²) in [5.74, 6) is 1.38. The van der Waals surface area contributed by atoms with Gasteiger partial charge in [0.25, 0.3) is 0 Å². The van der Waals surface area contributed by atoms with Gasteiger partial charge in [-0.15, -0.1) is 0 Å². The van der Waals surface area contributed by atoms with Crippen molar-refractivity contribution in [2.75, 3.05) is 18.6 Å². The molecular formula is C13H24N2O2S. The van der Waals surface area contributed by atoms with E-state index < -0.39 is 0 Å². The number of hydrogen-bond acceptors (Lipinski definition) is 3. The van der Waals surface area contributed by atoms with E-state index in [4.69, 9.17) is 0 Å². The van der Waals surface area contributed by atoms with E-state index in [1.54, 1.807) is 16.7 Å². The molecule has 1 rings (SSSR count). The molecule has 0 aromatic rings. The molecule has 0 bridgehead atoms. The third kappa shape index (κ3) is 3.64. The number of carbonyl (C=O) groups is 2. The molecule has 1 aliphatic heterocycles. The molecule has 1 saturated heterocycles. The van der Waals surface area contributed by atoms with Crippen molar-refractivity contribution in [2.24, 2.45) is 5.92 Å². The minimum atomic E-state index is -0.331. The molecule has 2 atom stereocenters. The fourth-order valence-electron chi connectivity index (χ4n) is 2.24. The fraction of sp³-hybridized carbons (Fsp3) is 0.846. The number of rotatable bonds is 6. The molecular weight excluding hydrogens is 248 g/mol. The summed E-state index contributed by atoms with van der Waals surface area (Å²) in [6, 6.07) is -0.616. The molecule has 0 aromatic heterocycles. The molecule has 0 radical (unpaired) electrons. The van der Waals surface area contributed by atoms with Gasteiger partial charge < -0.3 is 10.2 Å². The lowest BCUT2D eigenvalue weighted by atomic mass is 9.97. The first-order chi connectivity index (χ1) is 8.51. The second kappa shape index (κ2) is 7.02. The summed E-state index contributed by atoms with van der Waals surface area (Å²) in [5, 5.41) is 2.84. The van der Waals surface area contributed by atoms with Gasteiger partial charge in [0.2, 0.25) is 11.8 Å². The molecule has 0 aromatic carbocycles. The summed E-state index contributed by atoms with van der Waals surface area (Å²) >= 11 is 1.70. The van der Waals surface area contributed by atoms with Crippen LogP contribution in [0.1, 0.15) is 33.6 Å². The average molecular weight is 272 g/mol. The highest BCUT2D eigenvalue weighted by molar-refractivity contribution is 7.98. The summed E-state index contributed by atoms with van der Waals surface area (Å²) in [7, 11) is 0. The SMILES string of the molecule is CCC1NC(=O)C(CC(C)C)N(CCSC)C1=O. The van der Waals surface area contributed by atoms with Crippen molar-refractivity contribution in [1.82, 2.24) is 10.2 Å². The molecule has 0 saturated carbocycles. The van der Waals surface area contributed by atoms with E-state index in [1.807, 2.05) is 13.2 Å². The van der Waals surface area contributed by atoms with Crippen molar-refractivity contribution in [3.8, 4) is 0 Å². The fourth-order valence-corrected chi connectivity index (χ4v) is 2.62. The Bertz CT molecular complexity index is 307. The van der Waals surface area contributed by atoms with E-state index in [-0.39, 0.29) is 23.9 Å². The monoisotopic (exact) mass is 272 g/mol. The molecule has 1 heterocycles. The average Bonchev–Trinajstić information content (AvgIpc) is 2.32. The quantitative estimate of drug-likeness (QED) is 0.797. The first kappa shape index (κ1) is 15.3. The van der Waals surface area contributed by atoms with Crippen LogP contribution in [-0.2, 0) is 9.59 Å². The zero-order valence-electron chi connectivity index (χ0n) is 11.7. The number of nitrogens with one attached hydrogen (secondary N) is 1. The van der Waals surface area contributed by atoms with Crippen LogP contribution in [0.3, 0.4) is 0 Å². The van der Waals surface area contributed by atoms with Gasteiger partial charge >= 0.3 is 0 Å². The van der Waals surface area contributed by atoms with E-state index in [9.17, 15) is 9.59 Å². The molecule has 1 fully saturated rings. The van der Waals surface area contributed by atoms with Crippen LogP contribution >= 0.6 is 11.8 Å². The number of piperazine rings is 1. The number of amides is 2. The van der Waals surface area contributed by atoms with Crippen LogP contribution < -0.4 is 5.32 Å². The maximum Gasteiger partial charge on any atom is 0.245 e. The molecule has 4 nitrogen and oxygen atoms in total. The first-order valence-electron chi connectivity index (χ1n) is 6.61. The zero-order valence-corrected chi connectivity index (χ0v) is 12.5. The van der Waals surface area contributed by atoms with E-state index in [2.05, 4.69) is 19.2 Å². The lowest BCUT2D eigenvalue weighted by Gasteiger charge is -2.39. The Morgan fingerprint density at radius 1 is 1.39 bits per heavy atom. The van der Waals surface area contributed by atoms with Gasteiger partial charge in [0.05, 0.1) is 0 Å². The summed E-state index contributed by atoms with van der Waals surface area (Å²) < 4.78 is 0. The van der Waals surface area contributed by atoms with Gasteiger partial charge in [0.1, 0.15) is 12.1 Å². The Kier molecular flexibility index (Phi) is 5.99. The zero-order chi connectivity index (χ0) is 13.7. The number of nitrogens with zero attached hydrogens (tertiary/aromatic N) is 1. The molecule has 1 aliphatic rings. The van der Waals surface area contributed by atoms with Crippen molar-refractivity contribution < 1.29 is 9.59 Å². The second-order valence-corrected chi connectivity index (χ2v) is 6.12. The third-order valence-electron chi connectivity index (χ3n) is 3.22. The van der Waals surface area contributed by atoms with Crippen LogP contribution in [0.2, 0.25) is 0 Å². The van der Waals surface area contributed by atoms with Crippen LogP contribution in [0.25, 0.3) is 0 Å². The smallest absolute Gasteiger partial charge is 0.245 e. The maximum atomic E-state index is 12.3. The Morgan fingerprint density at radius 3 is 2.56 bits per heavy atom. The number of hydrogen-bond donors (Lipinski definition) is 1. The second-order valence-electron chi connectivity index (χ2n) is 5.14. The highest BCUT2D eigenvalue weighted by Gasteiger charge is 2.39. The Balaban J connectivity index is 2.83. The minimum Gasteiger partial charge on any atom is -0.343 e. The van der Waals surface area contributed by atoms with Crippen molar-refractivity contribution in [1.29, 1.82) is 0 Å². The third-order valence-corrected chi connectivity index (χ3v) is 3.81. The maximum absolute atomic E-state index is 12.3. The summed E-state index contributed by atoms with van der Waals surface area (Å²) in [5.41, 5.74) is 0. The molecule has 2 unspecified atom stereocenters. The van der Waals surface area contributed by atoms with Gasteiger partial charge in [-0.1, -0.05) is 20.8 Å². The van der Waals surface area contributed by atoms with Crippen molar-refractivity contribution in [2.45, 2.75) is 45.7 Å². The lowest BCUT2D eigenvalue weighted by molar-refractivity contribution is -0.149. The largest absolute Gasteiger partial charge is 0.343 e. The molecule has 104 valence electrons. The van der Waals surface area contributed by atoms with E-state index in [0.717, 1.165) is 12.2 Å². The molecule has 1 N–H and O–H groups in total. The number of thioether (sulfide) groups is 1. The van der Waals surface area contributed by atoms with E-state index >= 15 is 0 Å². The van der Waals surface area contributed by atoms with Crippen molar-refractivity contribution in [3.05, 3.63) is 0 Å². The molecule has 18 heavy (non-hydrogen) atoms. The van der Waals surface area contributed by atoms with Gasteiger partial charge in [-0.3, -0.25) is 9.59 Å². The van der Waals surface area contributed by atoms with Crippen molar-refractivity contribution in [3.63, 3.8) is 0 Å². The summed E-state index contributed by atoms with van der Waals surface area (Å²) in [6.07, 6.45) is 3.42. The standard InChI is InChI=1S/C13H24N2O2S/c1-5-10-13(17)15(6-7-18-4)11(8-9(2)3)12(16)14-10/h9-11H,5-8H2,1-4H3,(H,14,16). The predicted molar refractivity (Wildman–Crippen MR) is 75.6 cm³/mol. The van der Waals surface area contributed by atoms with Crippen LogP contribution in [-0.4, -0.2) is 47.4 Å². The minimum absolute atomic E-state index is 0.0104. The van der Waals surface area contributed by atoms with Gasteiger partial charge in [0.15, 0.2) is 0 Å².